The summed E-state index contributed by atoms with van der Waals surface area (Å²) in [5.74, 6) is 0. The first-order valence-corrected chi connectivity index (χ1v) is 10.7. The largest absolute Gasteiger partial charge is 0.379 e. The number of rotatable bonds is 18. The normalized spacial score (nSPS) is 29.1. The minimum Gasteiger partial charge on any atom is -0.379 e. The minimum absolute atomic E-state index is 0.387. The molecule has 0 bridgehead atoms. The third-order valence-electron chi connectivity index (χ3n) is 4.48. The predicted octanol–water partition coefficient (Wildman–Crippen LogP) is 1.19. The van der Waals surface area contributed by atoms with Crippen LogP contribution in [-0.4, -0.2) is 104 Å². The van der Waals surface area contributed by atoms with Crippen molar-refractivity contribution < 1.29 is 37.9 Å². The molecule has 4 unspecified atom stereocenters. The molecule has 4 fully saturated rings. The maximum Gasteiger partial charge on any atom is 0.104 e. The van der Waals surface area contributed by atoms with E-state index in [1.54, 1.807) is 0 Å². The number of hydrogen-bond acceptors (Lipinski definition) is 8. The molecule has 0 aliphatic carbocycles. The van der Waals surface area contributed by atoms with Crippen LogP contribution in [0.4, 0.5) is 0 Å². The van der Waals surface area contributed by atoms with Crippen molar-refractivity contribution in [2.45, 2.75) is 50.1 Å². The van der Waals surface area contributed by atoms with Crippen LogP contribution in [0.3, 0.4) is 0 Å². The molecule has 4 aliphatic rings. The Hall–Kier alpha value is -0.320. The first kappa shape index (κ1) is 22.4. The zero-order valence-electron chi connectivity index (χ0n) is 16.9. The Morgan fingerprint density at radius 3 is 0.821 bits per heavy atom. The van der Waals surface area contributed by atoms with Gasteiger partial charge in [0, 0.05) is 26.4 Å². The van der Waals surface area contributed by atoms with Crippen molar-refractivity contribution in [2.24, 2.45) is 0 Å². The minimum atomic E-state index is 0.387. The Morgan fingerprint density at radius 1 is 0.429 bits per heavy atom. The Balaban J connectivity index is 0.000000161. The van der Waals surface area contributed by atoms with Crippen LogP contribution in [-0.2, 0) is 37.9 Å². The summed E-state index contributed by atoms with van der Waals surface area (Å²) >= 11 is 0. The second kappa shape index (κ2) is 13.8. The SMILES string of the molecule is C(CCOCC1CO1)COCC1CO1.C(CCOCC1CO1)COCC1CO1. The quantitative estimate of drug-likeness (QED) is 0.249. The van der Waals surface area contributed by atoms with E-state index in [2.05, 4.69) is 0 Å². The predicted molar refractivity (Wildman–Crippen MR) is 101 cm³/mol. The van der Waals surface area contributed by atoms with Gasteiger partial charge in [0.2, 0.25) is 0 Å². The lowest BCUT2D eigenvalue weighted by molar-refractivity contribution is 0.0885. The van der Waals surface area contributed by atoms with Crippen molar-refractivity contribution in [3.63, 3.8) is 0 Å². The topological polar surface area (TPSA) is 87.0 Å². The maximum absolute atomic E-state index is 5.39. The highest BCUT2D eigenvalue weighted by atomic mass is 16.6. The summed E-state index contributed by atoms with van der Waals surface area (Å²) in [5.41, 5.74) is 0. The molecule has 28 heavy (non-hydrogen) atoms. The van der Waals surface area contributed by atoms with E-state index in [1.807, 2.05) is 0 Å². The molecule has 4 saturated heterocycles. The van der Waals surface area contributed by atoms with Crippen LogP contribution >= 0.6 is 0 Å². The molecular weight excluding hydrogens is 368 g/mol. The lowest BCUT2D eigenvalue weighted by Gasteiger charge is -2.03. The van der Waals surface area contributed by atoms with Crippen LogP contribution < -0.4 is 0 Å². The summed E-state index contributed by atoms with van der Waals surface area (Å²) in [4.78, 5) is 0. The van der Waals surface area contributed by atoms with Gasteiger partial charge in [0.05, 0.1) is 52.9 Å². The van der Waals surface area contributed by atoms with Gasteiger partial charge >= 0.3 is 0 Å². The molecule has 4 rings (SSSR count). The van der Waals surface area contributed by atoms with Gasteiger partial charge < -0.3 is 37.9 Å². The zero-order valence-corrected chi connectivity index (χ0v) is 16.9. The molecule has 4 aliphatic heterocycles. The van der Waals surface area contributed by atoms with E-state index in [-0.39, 0.29) is 0 Å². The van der Waals surface area contributed by atoms with E-state index < -0.39 is 0 Å². The van der Waals surface area contributed by atoms with Crippen LogP contribution in [0.2, 0.25) is 0 Å². The molecule has 0 saturated carbocycles. The van der Waals surface area contributed by atoms with E-state index in [1.165, 1.54) is 0 Å². The molecular formula is C20H36O8. The third-order valence-corrected chi connectivity index (χ3v) is 4.48. The van der Waals surface area contributed by atoms with Crippen LogP contribution in [0.15, 0.2) is 0 Å². The molecule has 164 valence electrons. The first-order chi connectivity index (χ1) is 13.9. The highest BCUT2D eigenvalue weighted by Crippen LogP contribution is 2.11. The fourth-order valence-electron chi connectivity index (χ4n) is 2.33. The van der Waals surface area contributed by atoms with Gasteiger partial charge in [0.15, 0.2) is 0 Å². The Kier molecular flexibility index (Phi) is 11.0. The molecule has 4 heterocycles. The molecule has 0 radical (unpaired) electrons. The van der Waals surface area contributed by atoms with Gasteiger partial charge in [-0.3, -0.25) is 0 Å². The highest BCUT2D eigenvalue weighted by Gasteiger charge is 2.23. The second-order valence-electron chi connectivity index (χ2n) is 7.54. The highest BCUT2D eigenvalue weighted by molar-refractivity contribution is 4.68. The zero-order chi connectivity index (χ0) is 19.3. The van der Waals surface area contributed by atoms with Crippen LogP contribution in [0.1, 0.15) is 25.7 Å². The second-order valence-corrected chi connectivity index (χ2v) is 7.54. The van der Waals surface area contributed by atoms with Crippen molar-refractivity contribution in [2.75, 3.05) is 79.3 Å². The van der Waals surface area contributed by atoms with Crippen molar-refractivity contribution in [3.8, 4) is 0 Å². The average Bonchev–Trinajstić information content (AvgIpc) is 3.56. The van der Waals surface area contributed by atoms with E-state index in [0.717, 1.165) is 105 Å². The monoisotopic (exact) mass is 404 g/mol. The van der Waals surface area contributed by atoms with Crippen LogP contribution in [0, 0.1) is 0 Å². The Bertz CT molecular complexity index is 308. The molecule has 0 aromatic rings. The van der Waals surface area contributed by atoms with Crippen molar-refractivity contribution in [1.82, 2.24) is 0 Å². The molecule has 0 aromatic carbocycles. The summed E-state index contributed by atoms with van der Waals surface area (Å²) in [6.45, 7) is 9.85. The molecule has 0 aromatic heterocycles. The molecule has 0 amide bonds. The van der Waals surface area contributed by atoms with E-state index in [9.17, 15) is 0 Å². The number of unbranched alkanes of at least 4 members (excludes halogenated alkanes) is 2. The van der Waals surface area contributed by atoms with Gasteiger partial charge in [-0.1, -0.05) is 0 Å². The van der Waals surface area contributed by atoms with E-state index in [4.69, 9.17) is 37.9 Å². The molecule has 8 nitrogen and oxygen atoms in total. The molecule has 4 atom stereocenters. The van der Waals surface area contributed by atoms with Gasteiger partial charge in [-0.25, -0.2) is 0 Å². The Labute approximate surface area is 168 Å². The van der Waals surface area contributed by atoms with Gasteiger partial charge in [0.1, 0.15) is 24.4 Å². The molecule has 0 N–H and O–H groups in total. The standard InChI is InChI=1S/2C10H18O4/c2*1(3-11-5-9-7-13-9)2-4-12-6-10-8-14-10/h2*9-10H,1-8H2. The van der Waals surface area contributed by atoms with Crippen molar-refractivity contribution >= 4 is 0 Å². The Morgan fingerprint density at radius 2 is 0.643 bits per heavy atom. The van der Waals surface area contributed by atoms with Gasteiger partial charge in [0.25, 0.3) is 0 Å². The first-order valence-electron chi connectivity index (χ1n) is 10.7. The lowest BCUT2D eigenvalue weighted by atomic mass is 10.3. The maximum atomic E-state index is 5.39. The third kappa shape index (κ3) is 13.8. The van der Waals surface area contributed by atoms with Gasteiger partial charge in [-0.2, -0.15) is 0 Å². The average molecular weight is 405 g/mol. The molecule has 8 heteroatoms. The summed E-state index contributed by atoms with van der Waals surface area (Å²) in [7, 11) is 0. The van der Waals surface area contributed by atoms with E-state index >= 15 is 0 Å². The number of hydrogen-bond donors (Lipinski definition) is 0. The van der Waals surface area contributed by atoms with Crippen LogP contribution in [0.5, 0.6) is 0 Å². The smallest absolute Gasteiger partial charge is 0.104 e. The summed E-state index contributed by atoms with van der Waals surface area (Å²) < 4.78 is 41.7. The van der Waals surface area contributed by atoms with Gasteiger partial charge in [-0.15, -0.1) is 0 Å². The van der Waals surface area contributed by atoms with Crippen LogP contribution in [0.25, 0.3) is 0 Å². The lowest BCUT2D eigenvalue weighted by Crippen LogP contribution is -2.05. The fraction of sp³-hybridized carbons (Fsp3) is 1.00. The summed E-state index contributed by atoms with van der Waals surface area (Å²) in [6.07, 6.45) is 5.82. The molecule has 0 spiro atoms. The number of ether oxygens (including phenoxy) is 8. The summed E-state index contributed by atoms with van der Waals surface area (Å²) in [6, 6.07) is 0. The number of epoxide rings is 4. The van der Waals surface area contributed by atoms with Crippen molar-refractivity contribution in [1.29, 1.82) is 0 Å². The fourth-order valence-corrected chi connectivity index (χ4v) is 2.33. The van der Waals surface area contributed by atoms with Crippen molar-refractivity contribution in [3.05, 3.63) is 0 Å². The summed E-state index contributed by atoms with van der Waals surface area (Å²) in [5, 5.41) is 0. The van der Waals surface area contributed by atoms with E-state index in [0.29, 0.717) is 24.4 Å². The van der Waals surface area contributed by atoms with Gasteiger partial charge in [-0.05, 0) is 25.7 Å².